The minimum atomic E-state index is -0.434. The van der Waals surface area contributed by atoms with Gasteiger partial charge in [0.15, 0.2) is 28.9 Å². The van der Waals surface area contributed by atoms with Crippen molar-refractivity contribution in [3.8, 4) is 17.6 Å². The number of nitrogens with one attached hydrogen (secondary N) is 2. The van der Waals surface area contributed by atoms with Crippen molar-refractivity contribution in [1.29, 1.82) is 0 Å². The summed E-state index contributed by atoms with van der Waals surface area (Å²) in [4.78, 5) is 32.2. The lowest BCUT2D eigenvalue weighted by atomic mass is 10.2. The predicted octanol–water partition coefficient (Wildman–Crippen LogP) is 2.05. The molecule has 0 bridgehead atoms. The molecule has 1 atom stereocenters. The van der Waals surface area contributed by atoms with E-state index >= 15 is 0 Å². The van der Waals surface area contributed by atoms with Gasteiger partial charge in [-0.2, -0.15) is 0 Å². The average molecular weight is 464 g/mol. The topological polar surface area (TPSA) is 99.3 Å². The van der Waals surface area contributed by atoms with E-state index in [2.05, 4.69) is 37.1 Å². The van der Waals surface area contributed by atoms with Crippen LogP contribution in [0.15, 0.2) is 42.7 Å². The smallest absolute Gasteiger partial charge is 0.246 e. The molecule has 2 aromatic heterocycles. The van der Waals surface area contributed by atoms with Crippen LogP contribution < -0.4 is 10.1 Å². The van der Waals surface area contributed by atoms with E-state index in [1.54, 1.807) is 24.3 Å². The normalized spacial score (nSPS) is 15.6. The molecule has 1 fully saturated rings. The first kappa shape index (κ1) is 23.2. The first-order valence-electron chi connectivity index (χ1n) is 10.9. The molecule has 176 valence electrons. The number of nitrogens with zero attached hydrogens (tertiary/aromatic N) is 5. The molecule has 1 unspecified atom stereocenters. The molecular formula is C24H26FN7O2. The molecule has 9 nitrogen and oxygen atoms in total. The Hall–Kier alpha value is -3.97. The lowest BCUT2D eigenvalue weighted by molar-refractivity contribution is -0.125. The summed E-state index contributed by atoms with van der Waals surface area (Å²) >= 11 is 0. The number of rotatable bonds is 7. The standard InChI is InChI=1S/C24H26FN7O2/c1-31(2)12-5-10-21(33)32-13-11-17(15-32)28-23-22-24(27-16-26-23)30-20(29-22)9-6-14-34-19-8-4-3-7-18(19)25/h3-5,7-8,10,16-17H,11-15H2,1-2H3,(H2,26,27,28,29,30). The minimum absolute atomic E-state index is 0.00990. The van der Waals surface area contributed by atoms with Gasteiger partial charge in [-0.25, -0.2) is 19.3 Å². The van der Waals surface area contributed by atoms with Gasteiger partial charge in [0.25, 0.3) is 0 Å². The molecule has 0 aliphatic carbocycles. The Morgan fingerprint density at radius 2 is 2.24 bits per heavy atom. The predicted molar refractivity (Wildman–Crippen MR) is 127 cm³/mol. The number of fused-ring (bicyclic) bond motifs is 1. The summed E-state index contributed by atoms with van der Waals surface area (Å²) in [6.07, 6.45) is 5.74. The fraction of sp³-hybridized carbons (Fsp3) is 0.333. The summed E-state index contributed by atoms with van der Waals surface area (Å²) in [6.45, 7) is 2.01. The van der Waals surface area contributed by atoms with Gasteiger partial charge in [-0.3, -0.25) is 4.79 Å². The zero-order valence-corrected chi connectivity index (χ0v) is 19.1. The highest BCUT2D eigenvalue weighted by Gasteiger charge is 2.26. The van der Waals surface area contributed by atoms with Crippen molar-refractivity contribution in [3.63, 3.8) is 0 Å². The number of likely N-dealkylation sites (tertiary alicyclic amines) is 1. The summed E-state index contributed by atoms with van der Waals surface area (Å²) in [7, 11) is 3.92. The molecule has 0 saturated carbocycles. The van der Waals surface area contributed by atoms with Crippen LogP contribution in [0.1, 0.15) is 12.2 Å². The van der Waals surface area contributed by atoms with E-state index < -0.39 is 5.82 Å². The SMILES string of the molecule is CN(C)CC=CC(=O)N1CCC(Nc2ncnc3nc(C#CCOc4ccccc4F)[nH]c23)C1. The Bertz CT molecular complexity index is 1240. The molecule has 1 saturated heterocycles. The van der Waals surface area contributed by atoms with Crippen LogP contribution in [0, 0.1) is 17.7 Å². The van der Waals surface area contributed by atoms with Crippen LogP contribution in [0.5, 0.6) is 5.75 Å². The summed E-state index contributed by atoms with van der Waals surface area (Å²) in [6, 6.07) is 6.23. The number of carbonyl (C=O) groups excluding carboxylic acids is 1. The third-order valence-electron chi connectivity index (χ3n) is 5.20. The molecule has 1 aromatic carbocycles. The highest BCUT2D eigenvalue weighted by atomic mass is 19.1. The van der Waals surface area contributed by atoms with Gasteiger partial charge in [-0.15, -0.1) is 0 Å². The molecule has 2 N–H and O–H groups in total. The van der Waals surface area contributed by atoms with E-state index in [1.165, 1.54) is 12.4 Å². The number of hydrogen-bond donors (Lipinski definition) is 2. The Morgan fingerprint density at radius 1 is 1.38 bits per heavy atom. The van der Waals surface area contributed by atoms with Gasteiger partial charge in [0.1, 0.15) is 18.5 Å². The van der Waals surface area contributed by atoms with Crippen molar-refractivity contribution in [3.05, 3.63) is 54.4 Å². The maximum Gasteiger partial charge on any atom is 0.246 e. The lowest BCUT2D eigenvalue weighted by Gasteiger charge is -2.16. The van der Waals surface area contributed by atoms with E-state index in [9.17, 15) is 9.18 Å². The van der Waals surface area contributed by atoms with E-state index in [-0.39, 0.29) is 24.3 Å². The van der Waals surface area contributed by atoms with Gasteiger partial charge in [-0.1, -0.05) is 24.1 Å². The van der Waals surface area contributed by atoms with Crippen molar-refractivity contribution in [1.82, 2.24) is 29.7 Å². The summed E-state index contributed by atoms with van der Waals surface area (Å²) in [5.41, 5.74) is 1.12. The third kappa shape index (κ3) is 5.88. The lowest BCUT2D eigenvalue weighted by Crippen LogP contribution is -2.30. The van der Waals surface area contributed by atoms with Crippen molar-refractivity contribution >= 4 is 22.9 Å². The van der Waals surface area contributed by atoms with E-state index in [4.69, 9.17) is 4.74 Å². The van der Waals surface area contributed by atoms with Crippen LogP contribution in [-0.2, 0) is 4.79 Å². The summed E-state index contributed by atoms with van der Waals surface area (Å²) < 4.78 is 18.9. The second-order valence-corrected chi connectivity index (χ2v) is 8.11. The maximum atomic E-state index is 13.6. The number of likely N-dealkylation sites (N-methyl/N-ethyl adjacent to an activating group) is 1. The number of halogens is 1. The maximum absolute atomic E-state index is 13.6. The van der Waals surface area contributed by atoms with Crippen LogP contribution in [0.3, 0.4) is 0 Å². The van der Waals surface area contributed by atoms with Crippen LogP contribution in [0.4, 0.5) is 10.2 Å². The largest absolute Gasteiger partial charge is 0.478 e. The number of H-pyrrole nitrogens is 1. The number of amides is 1. The van der Waals surface area contributed by atoms with E-state index in [1.807, 2.05) is 30.0 Å². The van der Waals surface area contributed by atoms with Gasteiger partial charge in [0.2, 0.25) is 5.91 Å². The van der Waals surface area contributed by atoms with Crippen molar-refractivity contribution in [2.45, 2.75) is 12.5 Å². The summed E-state index contributed by atoms with van der Waals surface area (Å²) in [5, 5.41) is 3.39. The van der Waals surface area contributed by atoms with E-state index in [0.29, 0.717) is 35.9 Å². The molecule has 34 heavy (non-hydrogen) atoms. The Labute approximate surface area is 197 Å². The molecular weight excluding hydrogens is 437 g/mol. The number of para-hydroxylation sites is 1. The number of carbonyl (C=O) groups is 1. The Kier molecular flexibility index (Phi) is 7.34. The minimum Gasteiger partial charge on any atom is -0.478 e. The fourth-order valence-corrected chi connectivity index (χ4v) is 3.53. The van der Waals surface area contributed by atoms with Gasteiger partial charge in [0, 0.05) is 31.8 Å². The van der Waals surface area contributed by atoms with Gasteiger partial charge in [0.05, 0.1) is 0 Å². The number of aromatic amines is 1. The number of imidazole rings is 1. The molecule has 10 heteroatoms. The highest BCUT2D eigenvalue weighted by molar-refractivity contribution is 5.88. The van der Waals surface area contributed by atoms with Gasteiger partial charge < -0.3 is 24.8 Å². The first-order valence-corrected chi connectivity index (χ1v) is 10.9. The Morgan fingerprint density at radius 3 is 3.06 bits per heavy atom. The number of ether oxygens (including phenoxy) is 1. The monoisotopic (exact) mass is 463 g/mol. The number of benzene rings is 1. The third-order valence-corrected chi connectivity index (χ3v) is 5.20. The van der Waals surface area contributed by atoms with Crippen molar-refractivity contribution in [2.75, 3.05) is 45.7 Å². The summed E-state index contributed by atoms with van der Waals surface area (Å²) in [5.74, 6) is 6.43. The van der Waals surface area contributed by atoms with Crippen molar-refractivity contribution < 1.29 is 13.9 Å². The second-order valence-electron chi connectivity index (χ2n) is 8.11. The molecule has 1 aliphatic heterocycles. The molecule has 1 aliphatic rings. The highest BCUT2D eigenvalue weighted by Crippen LogP contribution is 2.20. The second kappa shape index (κ2) is 10.8. The van der Waals surface area contributed by atoms with Gasteiger partial charge in [-0.05, 0) is 38.6 Å². The molecule has 0 spiro atoms. The molecule has 3 aromatic rings. The van der Waals surface area contributed by atoms with E-state index in [0.717, 1.165) is 13.0 Å². The number of anilines is 1. The molecule has 4 rings (SSSR count). The fourth-order valence-electron chi connectivity index (χ4n) is 3.53. The van der Waals surface area contributed by atoms with Crippen molar-refractivity contribution in [2.24, 2.45) is 0 Å². The van der Waals surface area contributed by atoms with Crippen LogP contribution in [-0.4, -0.2) is 82.0 Å². The molecule has 0 radical (unpaired) electrons. The Balaban J connectivity index is 1.37. The average Bonchev–Trinajstić information content (AvgIpc) is 3.45. The quantitative estimate of drug-likeness (QED) is 0.409. The van der Waals surface area contributed by atoms with Gasteiger partial charge >= 0.3 is 0 Å². The molecule has 1 amide bonds. The van der Waals surface area contributed by atoms with Crippen LogP contribution in [0.25, 0.3) is 11.2 Å². The number of hydrogen-bond acceptors (Lipinski definition) is 7. The first-order chi connectivity index (χ1) is 16.5. The zero-order chi connectivity index (χ0) is 23.9. The number of aromatic nitrogens is 4. The van der Waals surface area contributed by atoms with Crippen LogP contribution in [0.2, 0.25) is 0 Å². The van der Waals surface area contributed by atoms with Crippen LogP contribution >= 0.6 is 0 Å². The molecule has 3 heterocycles. The zero-order valence-electron chi connectivity index (χ0n) is 19.1.